The van der Waals surface area contributed by atoms with Crippen LogP contribution in [0.1, 0.15) is 6.92 Å². The largest absolute Gasteiger partial charge is 0.389 e. The molecular weight excluding hydrogens is 190 g/mol. The second-order valence-corrected chi connectivity index (χ2v) is 3.67. The molecule has 0 saturated heterocycles. The molecule has 2 N–H and O–H groups in total. The van der Waals surface area contributed by atoms with E-state index in [4.69, 9.17) is 5.84 Å². The highest BCUT2D eigenvalue weighted by atomic mass is 16.2. The number of hydrogen-bond acceptors (Lipinski definition) is 3. The van der Waals surface area contributed by atoms with Gasteiger partial charge in [-0.15, -0.1) is 5.84 Å². The number of allylic oxidation sites excluding steroid dienone is 1. The van der Waals surface area contributed by atoms with Gasteiger partial charge in [0.1, 0.15) is 0 Å². The van der Waals surface area contributed by atoms with Gasteiger partial charge in [-0.05, 0) is 6.92 Å². The Bertz CT molecular complexity index is 427. The fourth-order valence-corrected chi connectivity index (χ4v) is 1.72. The first-order chi connectivity index (χ1) is 7.06. The molecule has 0 fully saturated rings. The van der Waals surface area contributed by atoms with Crippen molar-refractivity contribution in [2.75, 3.05) is 7.05 Å². The van der Waals surface area contributed by atoms with Crippen molar-refractivity contribution in [2.24, 2.45) is 5.84 Å². The normalized spacial score (nSPS) is 25.7. The fourth-order valence-electron chi connectivity index (χ4n) is 1.72. The minimum atomic E-state index is -0.299. The Morgan fingerprint density at radius 1 is 1.27 bits per heavy atom. The molecule has 0 bridgehead atoms. The molecule has 1 unspecified atom stereocenters. The molecule has 0 aromatic heterocycles. The number of amides is 1. The number of carbonyl (C=O) groups is 1. The van der Waals surface area contributed by atoms with Crippen LogP contribution in [0.15, 0.2) is 42.1 Å². The van der Waals surface area contributed by atoms with Crippen molar-refractivity contribution in [2.45, 2.75) is 6.92 Å². The van der Waals surface area contributed by atoms with Gasteiger partial charge in [0.05, 0.1) is 18.8 Å². The fraction of sp³-hybridized carbons (Fsp3) is 0.182. The minimum Gasteiger partial charge on any atom is -0.221 e. The van der Waals surface area contributed by atoms with Gasteiger partial charge in [-0.2, -0.15) is 5.01 Å². The predicted octanol–water partition coefficient (Wildman–Crippen LogP) is 1.16. The zero-order valence-corrected chi connectivity index (χ0v) is 8.84. The lowest BCUT2D eigenvalue weighted by Crippen LogP contribution is -2.64. The summed E-state index contributed by atoms with van der Waals surface area (Å²) < 4.78 is -0.299. The SMILES string of the molecule is CC1=CC(=O)[N+](N)(c2ccccc2)N1C. The zero-order chi connectivity index (χ0) is 11.1. The summed E-state index contributed by atoms with van der Waals surface area (Å²) in [6.07, 6.45) is 1.56. The third-order valence-corrected chi connectivity index (χ3v) is 2.80. The van der Waals surface area contributed by atoms with E-state index in [-0.39, 0.29) is 10.6 Å². The number of quaternary nitrogens is 1. The second kappa shape index (κ2) is 3.18. The Balaban J connectivity index is 2.50. The topological polar surface area (TPSA) is 46.3 Å². The summed E-state index contributed by atoms with van der Waals surface area (Å²) in [6.45, 7) is 1.87. The highest BCUT2D eigenvalue weighted by Crippen LogP contribution is 2.28. The highest BCUT2D eigenvalue weighted by molar-refractivity contribution is 5.98. The summed E-state index contributed by atoms with van der Waals surface area (Å²) in [5.41, 5.74) is 1.63. The van der Waals surface area contributed by atoms with Crippen LogP contribution < -0.4 is 10.5 Å². The van der Waals surface area contributed by atoms with Crippen LogP contribution in [0, 0.1) is 0 Å². The predicted molar refractivity (Wildman–Crippen MR) is 59.0 cm³/mol. The summed E-state index contributed by atoms with van der Waals surface area (Å²) in [4.78, 5) is 11.8. The highest BCUT2D eigenvalue weighted by Gasteiger charge is 2.45. The molecule has 1 aromatic carbocycles. The Morgan fingerprint density at radius 3 is 2.33 bits per heavy atom. The smallest absolute Gasteiger partial charge is 0.221 e. The van der Waals surface area contributed by atoms with E-state index in [2.05, 4.69) is 0 Å². The number of para-hydroxylation sites is 1. The van der Waals surface area contributed by atoms with Crippen LogP contribution in [0.5, 0.6) is 0 Å². The van der Waals surface area contributed by atoms with Crippen molar-refractivity contribution in [1.29, 1.82) is 0 Å². The van der Waals surface area contributed by atoms with Crippen LogP contribution in [0.3, 0.4) is 0 Å². The maximum atomic E-state index is 11.8. The van der Waals surface area contributed by atoms with Gasteiger partial charge < -0.3 is 0 Å². The molecule has 0 spiro atoms. The maximum Gasteiger partial charge on any atom is 0.389 e. The van der Waals surface area contributed by atoms with Crippen LogP contribution in [-0.4, -0.2) is 18.0 Å². The van der Waals surface area contributed by atoms with Crippen molar-refractivity contribution in [3.05, 3.63) is 42.1 Å². The lowest BCUT2D eigenvalue weighted by Gasteiger charge is -2.32. The van der Waals surface area contributed by atoms with Gasteiger partial charge in [-0.3, -0.25) is 0 Å². The number of rotatable bonds is 1. The van der Waals surface area contributed by atoms with Crippen molar-refractivity contribution in [1.82, 2.24) is 9.71 Å². The average molecular weight is 204 g/mol. The maximum absolute atomic E-state index is 11.8. The Hall–Kier alpha value is -1.65. The molecule has 0 saturated carbocycles. The van der Waals surface area contributed by atoms with E-state index >= 15 is 0 Å². The van der Waals surface area contributed by atoms with Gasteiger partial charge in [0, 0.05) is 12.1 Å². The van der Waals surface area contributed by atoms with E-state index in [1.54, 1.807) is 11.1 Å². The lowest BCUT2D eigenvalue weighted by molar-refractivity contribution is -0.133. The van der Waals surface area contributed by atoms with Gasteiger partial charge in [-0.1, -0.05) is 22.9 Å². The van der Waals surface area contributed by atoms with Gasteiger partial charge in [0.25, 0.3) is 0 Å². The zero-order valence-electron chi connectivity index (χ0n) is 8.84. The number of benzene rings is 1. The van der Waals surface area contributed by atoms with E-state index in [0.717, 1.165) is 11.4 Å². The first-order valence-corrected chi connectivity index (χ1v) is 4.77. The second-order valence-electron chi connectivity index (χ2n) is 3.67. The number of carbonyl (C=O) groups excluding carboxylic acids is 1. The third kappa shape index (κ3) is 1.26. The molecule has 0 aliphatic carbocycles. The molecule has 1 aliphatic rings. The number of hydrogen-bond donors (Lipinski definition) is 1. The average Bonchev–Trinajstić information content (AvgIpc) is 2.45. The van der Waals surface area contributed by atoms with Crippen LogP contribution in [0.2, 0.25) is 0 Å². The Kier molecular flexibility index (Phi) is 2.10. The van der Waals surface area contributed by atoms with Crippen molar-refractivity contribution < 1.29 is 4.79 Å². The van der Waals surface area contributed by atoms with Crippen molar-refractivity contribution in [3.63, 3.8) is 0 Å². The summed E-state index contributed by atoms with van der Waals surface area (Å²) in [5, 5.41) is 1.75. The van der Waals surface area contributed by atoms with Gasteiger partial charge >= 0.3 is 5.91 Å². The molecule has 1 heterocycles. The molecule has 78 valence electrons. The molecule has 15 heavy (non-hydrogen) atoms. The lowest BCUT2D eigenvalue weighted by atomic mass is 10.3. The molecular formula is C11H14N3O+. The third-order valence-electron chi connectivity index (χ3n) is 2.80. The molecule has 0 radical (unpaired) electrons. The first-order valence-electron chi connectivity index (χ1n) is 4.77. The first kappa shape index (κ1) is 9.89. The Morgan fingerprint density at radius 2 is 1.87 bits per heavy atom. The Labute approximate surface area is 88.7 Å². The summed E-state index contributed by atoms with van der Waals surface area (Å²) in [6, 6.07) is 9.34. The monoisotopic (exact) mass is 204 g/mol. The summed E-state index contributed by atoms with van der Waals surface area (Å²) >= 11 is 0. The van der Waals surface area contributed by atoms with Gasteiger partial charge in [0.15, 0.2) is 5.69 Å². The van der Waals surface area contributed by atoms with Crippen LogP contribution >= 0.6 is 0 Å². The molecule has 1 amide bonds. The molecule has 2 rings (SSSR count). The van der Waals surface area contributed by atoms with Crippen LogP contribution in [0.25, 0.3) is 0 Å². The molecule has 1 atom stereocenters. The summed E-state index contributed by atoms with van der Waals surface area (Å²) in [5.74, 6) is 6.00. The van der Waals surface area contributed by atoms with Crippen LogP contribution in [-0.2, 0) is 4.79 Å². The molecule has 4 heteroatoms. The number of nitrogens with two attached hydrogens (primary N) is 1. The van der Waals surface area contributed by atoms with Gasteiger partial charge in [0.2, 0.25) is 0 Å². The molecule has 1 aliphatic heterocycles. The standard InChI is InChI=1S/C11H14N3O/c1-9-8-11(15)14(12,13(9)2)10-6-4-3-5-7-10/h3-8H,12H2,1-2H3/q+1. The van der Waals surface area contributed by atoms with E-state index in [1.807, 2.05) is 44.3 Å². The van der Waals surface area contributed by atoms with E-state index in [9.17, 15) is 4.79 Å². The van der Waals surface area contributed by atoms with E-state index in [1.165, 1.54) is 0 Å². The van der Waals surface area contributed by atoms with Gasteiger partial charge in [-0.25, -0.2) is 4.79 Å². The van der Waals surface area contributed by atoms with Crippen molar-refractivity contribution in [3.8, 4) is 0 Å². The molecule has 4 nitrogen and oxygen atoms in total. The van der Waals surface area contributed by atoms with E-state index in [0.29, 0.717) is 0 Å². The number of nitrogens with zero attached hydrogens (tertiary/aromatic N) is 2. The van der Waals surface area contributed by atoms with Crippen molar-refractivity contribution >= 4 is 11.6 Å². The minimum absolute atomic E-state index is 0.124. The quantitative estimate of drug-likeness (QED) is 0.424. The van der Waals surface area contributed by atoms with Crippen LogP contribution in [0.4, 0.5) is 5.69 Å². The molecule has 1 aromatic rings. The van der Waals surface area contributed by atoms with E-state index < -0.39 is 0 Å². The summed E-state index contributed by atoms with van der Waals surface area (Å²) in [7, 11) is 1.81.